The summed E-state index contributed by atoms with van der Waals surface area (Å²) in [5.41, 5.74) is 2.30. The fraction of sp³-hybridized carbons (Fsp3) is 0.591. The molecule has 2 rings (SSSR count). The number of hydrogen-bond donors (Lipinski definition) is 2. The number of benzene rings is 1. The number of allylic oxidation sites excluding steroid dienone is 2. The van der Waals surface area contributed by atoms with Crippen LogP contribution in [-0.2, 0) is 4.79 Å². The molecule has 1 aromatic rings. The summed E-state index contributed by atoms with van der Waals surface area (Å²) in [6.45, 7) is 0. The van der Waals surface area contributed by atoms with Crippen molar-refractivity contribution in [2.24, 2.45) is 5.92 Å². The van der Waals surface area contributed by atoms with Crippen LogP contribution in [-0.4, -0.2) is 33.6 Å². The third kappa shape index (κ3) is 7.17. The standard InChI is InChI=1S/C22H31ClO3S/c1-27-15-14-21(24)17-10-8-16(9-11-17)18-12-13-20(23)19(18)6-4-2-3-5-7-22(25)26/h2,4,8-11,18-21,24H,3,5-7,12-15H2,1H3,(H,25,26)/b4-2-. The molecule has 27 heavy (non-hydrogen) atoms. The number of aliphatic hydroxyl groups is 1. The summed E-state index contributed by atoms with van der Waals surface area (Å²) in [6, 6.07) is 8.42. The maximum Gasteiger partial charge on any atom is 0.303 e. The molecule has 0 aliphatic heterocycles. The second-order valence-electron chi connectivity index (χ2n) is 7.32. The van der Waals surface area contributed by atoms with Gasteiger partial charge in [0.1, 0.15) is 0 Å². The number of thioether (sulfide) groups is 1. The fourth-order valence-corrected chi connectivity index (χ4v) is 4.71. The molecule has 4 atom stereocenters. The van der Waals surface area contributed by atoms with Crippen LogP contribution in [0.3, 0.4) is 0 Å². The van der Waals surface area contributed by atoms with Crippen LogP contribution in [0.2, 0.25) is 0 Å². The van der Waals surface area contributed by atoms with E-state index in [2.05, 4.69) is 42.7 Å². The van der Waals surface area contributed by atoms with Gasteiger partial charge in [-0.1, -0.05) is 36.4 Å². The van der Waals surface area contributed by atoms with Gasteiger partial charge in [0.05, 0.1) is 6.10 Å². The zero-order valence-electron chi connectivity index (χ0n) is 16.0. The van der Waals surface area contributed by atoms with Crippen molar-refractivity contribution < 1.29 is 15.0 Å². The molecule has 0 spiro atoms. The Balaban J connectivity index is 1.91. The summed E-state index contributed by atoms with van der Waals surface area (Å²) in [4.78, 5) is 10.5. The average molecular weight is 411 g/mol. The van der Waals surface area contributed by atoms with E-state index in [-0.39, 0.29) is 17.9 Å². The SMILES string of the molecule is CSCCC(O)c1ccc(C2CCC(Cl)C2C/C=C\CCCC(=O)O)cc1. The summed E-state index contributed by atoms with van der Waals surface area (Å²) in [5.74, 6) is 1.09. The third-order valence-electron chi connectivity index (χ3n) is 5.42. The summed E-state index contributed by atoms with van der Waals surface area (Å²) >= 11 is 8.34. The van der Waals surface area contributed by atoms with E-state index in [1.165, 1.54) is 5.56 Å². The Labute approximate surface area is 172 Å². The Morgan fingerprint density at radius 2 is 2.04 bits per heavy atom. The van der Waals surface area contributed by atoms with E-state index in [1.807, 2.05) is 0 Å². The molecule has 1 aromatic carbocycles. The molecule has 2 N–H and O–H groups in total. The van der Waals surface area contributed by atoms with E-state index >= 15 is 0 Å². The third-order valence-corrected chi connectivity index (χ3v) is 6.60. The van der Waals surface area contributed by atoms with Crippen LogP contribution < -0.4 is 0 Å². The highest BCUT2D eigenvalue weighted by molar-refractivity contribution is 7.98. The molecule has 5 heteroatoms. The zero-order valence-corrected chi connectivity index (χ0v) is 17.6. The van der Waals surface area contributed by atoms with E-state index in [0.29, 0.717) is 18.3 Å². The van der Waals surface area contributed by atoms with Crippen molar-refractivity contribution in [2.75, 3.05) is 12.0 Å². The first-order chi connectivity index (χ1) is 13.0. The number of carbonyl (C=O) groups is 1. The summed E-state index contributed by atoms with van der Waals surface area (Å²) < 4.78 is 0. The highest BCUT2D eigenvalue weighted by Crippen LogP contribution is 2.44. The predicted molar refractivity (Wildman–Crippen MR) is 115 cm³/mol. The Bertz CT molecular complexity index is 602. The lowest BCUT2D eigenvalue weighted by Crippen LogP contribution is -2.13. The number of carboxylic acid groups (broad SMARTS) is 1. The molecular formula is C22H31ClO3S. The molecule has 4 unspecified atom stereocenters. The fourth-order valence-electron chi connectivity index (χ4n) is 3.85. The lowest BCUT2D eigenvalue weighted by atomic mass is 9.86. The first-order valence-electron chi connectivity index (χ1n) is 9.80. The monoisotopic (exact) mass is 410 g/mol. The molecule has 1 saturated carbocycles. The molecular weight excluding hydrogens is 380 g/mol. The van der Waals surface area contributed by atoms with E-state index in [4.69, 9.17) is 16.7 Å². The summed E-state index contributed by atoms with van der Waals surface area (Å²) in [5, 5.41) is 19.1. The molecule has 0 aromatic heterocycles. The molecule has 1 fully saturated rings. The van der Waals surface area contributed by atoms with Gasteiger partial charge in [-0.05, 0) is 73.5 Å². The highest BCUT2D eigenvalue weighted by Gasteiger charge is 2.34. The minimum atomic E-state index is -0.734. The lowest BCUT2D eigenvalue weighted by Gasteiger charge is -2.21. The van der Waals surface area contributed by atoms with Crippen molar-refractivity contribution in [1.82, 2.24) is 0 Å². The Hall–Kier alpha value is -0.970. The molecule has 1 aliphatic carbocycles. The van der Waals surface area contributed by atoms with Gasteiger partial charge in [0.25, 0.3) is 0 Å². The minimum Gasteiger partial charge on any atom is -0.481 e. The number of carboxylic acids is 1. The first-order valence-corrected chi connectivity index (χ1v) is 11.6. The van der Waals surface area contributed by atoms with Crippen LogP contribution in [0.1, 0.15) is 68.1 Å². The van der Waals surface area contributed by atoms with Crippen molar-refractivity contribution in [3.8, 4) is 0 Å². The quantitative estimate of drug-likeness (QED) is 0.276. The smallest absolute Gasteiger partial charge is 0.303 e. The molecule has 0 amide bonds. The van der Waals surface area contributed by atoms with Gasteiger partial charge in [0, 0.05) is 11.8 Å². The van der Waals surface area contributed by atoms with Crippen LogP contribution in [0.25, 0.3) is 0 Å². The number of unbranched alkanes of at least 4 members (excludes halogenated alkanes) is 1. The van der Waals surface area contributed by atoms with Gasteiger partial charge in [0.15, 0.2) is 0 Å². The lowest BCUT2D eigenvalue weighted by molar-refractivity contribution is -0.137. The number of alkyl halides is 1. The normalized spacial score (nSPS) is 23.7. The van der Waals surface area contributed by atoms with Crippen molar-refractivity contribution in [2.45, 2.75) is 62.3 Å². The van der Waals surface area contributed by atoms with Crippen molar-refractivity contribution in [1.29, 1.82) is 0 Å². The van der Waals surface area contributed by atoms with E-state index in [0.717, 1.165) is 43.4 Å². The van der Waals surface area contributed by atoms with Crippen molar-refractivity contribution in [3.05, 3.63) is 47.5 Å². The van der Waals surface area contributed by atoms with Gasteiger partial charge in [-0.15, -0.1) is 11.6 Å². The zero-order chi connectivity index (χ0) is 19.6. The number of aliphatic carboxylic acids is 1. The van der Waals surface area contributed by atoms with Gasteiger partial charge in [-0.25, -0.2) is 0 Å². The van der Waals surface area contributed by atoms with Gasteiger partial charge < -0.3 is 10.2 Å². The minimum absolute atomic E-state index is 0.186. The van der Waals surface area contributed by atoms with Gasteiger partial charge in [-0.3, -0.25) is 4.79 Å². The van der Waals surface area contributed by atoms with Gasteiger partial charge in [-0.2, -0.15) is 11.8 Å². The predicted octanol–water partition coefficient (Wildman–Crippen LogP) is 5.78. The highest BCUT2D eigenvalue weighted by atomic mass is 35.5. The van der Waals surface area contributed by atoms with Gasteiger partial charge >= 0.3 is 5.97 Å². The Morgan fingerprint density at radius 1 is 1.30 bits per heavy atom. The maximum atomic E-state index is 10.5. The topological polar surface area (TPSA) is 57.5 Å². The molecule has 0 bridgehead atoms. The molecule has 0 heterocycles. The Kier molecular flexibility index (Phi) is 9.74. The summed E-state index contributed by atoms with van der Waals surface area (Å²) in [7, 11) is 0. The van der Waals surface area contributed by atoms with Crippen molar-refractivity contribution in [3.63, 3.8) is 0 Å². The average Bonchev–Trinajstić information content (AvgIpc) is 3.03. The number of rotatable bonds is 11. The molecule has 3 nitrogen and oxygen atoms in total. The molecule has 0 saturated heterocycles. The second kappa shape index (κ2) is 11.8. The molecule has 1 aliphatic rings. The van der Waals surface area contributed by atoms with Crippen molar-refractivity contribution >= 4 is 29.3 Å². The maximum absolute atomic E-state index is 10.5. The number of aliphatic hydroxyl groups excluding tert-OH is 1. The number of hydrogen-bond acceptors (Lipinski definition) is 3. The van der Waals surface area contributed by atoms with Crippen LogP contribution in [0.5, 0.6) is 0 Å². The van der Waals surface area contributed by atoms with Crippen LogP contribution in [0, 0.1) is 5.92 Å². The molecule has 150 valence electrons. The van der Waals surface area contributed by atoms with E-state index in [1.54, 1.807) is 11.8 Å². The van der Waals surface area contributed by atoms with Crippen LogP contribution >= 0.6 is 23.4 Å². The number of halogens is 1. The van der Waals surface area contributed by atoms with E-state index < -0.39 is 5.97 Å². The largest absolute Gasteiger partial charge is 0.481 e. The Morgan fingerprint density at radius 3 is 2.70 bits per heavy atom. The summed E-state index contributed by atoms with van der Waals surface area (Å²) in [6.07, 6.45) is 11.5. The van der Waals surface area contributed by atoms with Crippen LogP contribution in [0.15, 0.2) is 36.4 Å². The van der Waals surface area contributed by atoms with E-state index in [9.17, 15) is 9.90 Å². The molecule has 0 radical (unpaired) electrons. The first kappa shape index (κ1) is 22.3. The van der Waals surface area contributed by atoms with Gasteiger partial charge in [0.2, 0.25) is 0 Å². The van der Waals surface area contributed by atoms with Crippen LogP contribution in [0.4, 0.5) is 0 Å². The second-order valence-corrected chi connectivity index (χ2v) is 8.87.